The number of rotatable bonds is 11. The van der Waals surface area contributed by atoms with Gasteiger partial charge in [-0.3, -0.25) is 14.4 Å². The van der Waals surface area contributed by atoms with E-state index in [1.165, 1.54) is 10.8 Å². The minimum Gasteiger partial charge on any atom is -0.462 e. The Labute approximate surface area is 294 Å². The Morgan fingerprint density at radius 2 is 1.31 bits per heavy atom. The molecule has 0 amide bonds. The van der Waals surface area contributed by atoms with Gasteiger partial charge in [0.2, 0.25) is 5.60 Å². The Bertz CT molecular complexity index is 2050. The largest absolute Gasteiger partial charge is 0.462 e. The number of aromatic nitrogens is 3. The maximum atomic E-state index is 13.9. The third kappa shape index (κ3) is 6.89. The fourth-order valence-corrected chi connectivity index (χ4v) is 6.19. The van der Waals surface area contributed by atoms with E-state index in [9.17, 15) is 19.6 Å². The fourth-order valence-electron chi connectivity index (χ4n) is 6.19. The summed E-state index contributed by atoms with van der Waals surface area (Å²) in [6, 6.07) is 32.4. The predicted molar refractivity (Wildman–Crippen MR) is 185 cm³/mol. The lowest BCUT2D eigenvalue weighted by atomic mass is 9.91. The standard InChI is InChI=1S/C39H37N5O7/c1-24(27-13-7-4-8-14-27)36(45)48-21-31-33(49-37(46)25(2)28-15-9-5-10-16-28)34(50-38(47)26(3)29-17-11-6-12-18-29)39(22-40,51-31)32-20-19-30-35(41)42-23-43-44(30)32/h4-20,23-26,31,33-34H,21H2,1-3H3,(H2,41,42,43)/t24-,25-,26-,31+,33+,34+,39-/m0/s1. The highest BCUT2D eigenvalue weighted by molar-refractivity contribution is 5.80. The molecule has 0 aliphatic carbocycles. The number of nitrogens with two attached hydrogens (primary N) is 1. The summed E-state index contributed by atoms with van der Waals surface area (Å²) >= 11 is 0. The molecular formula is C39H37N5O7. The minimum absolute atomic E-state index is 0.133. The molecule has 51 heavy (non-hydrogen) atoms. The molecule has 260 valence electrons. The predicted octanol–water partition coefficient (Wildman–Crippen LogP) is 5.21. The van der Waals surface area contributed by atoms with Gasteiger partial charge in [0.15, 0.2) is 18.0 Å². The van der Waals surface area contributed by atoms with Crippen molar-refractivity contribution in [2.75, 3.05) is 12.3 Å². The van der Waals surface area contributed by atoms with Gasteiger partial charge >= 0.3 is 17.9 Å². The van der Waals surface area contributed by atoms with Crippen LogP contribution in [0.3, 0.4) is 0 Å². The molecule has 1 aliphatic heterocycles. The Balaban J connectivity index is 1.41. The smallest absolute Gasteiger partial charge is 0.313 e. The number of esters is 3. The molecule has 5 aromatic rings. The van der Waals surface area contributed by atoms with Crippen molar-refractivity contribution in [3.63, 3.8) is 0 Å². The van der Waals surface area contributed by atoms with Gasteiger partial charge in [-0.1, -0.05) is 91.0 Å². The number of benzene rings is 3. The molecule has 0 saturated carbocycles. The summed E-state index contributed by atoms with van der Waals surface area (Å²) in [7, 11) is 0. The van der Waals surface area contributed by atoms with Gasteiger partial charge in [-0.15, -0.1) is 0 Å². The highest BCUT2D eigenvalue weighted by Gasteiger charge is 2.63. The lowest BCUT2D eigenvalue weighted by Crippen LogP contribution is -2.47. The molecule has 7 atom stereocenters. The van der Waals surface area contributed by atoms with E-state index in [1.54, 1.807) is 81.4 Å². The second kappa shape index (κ2) is 14.8. The van der Waals surface area contributed by atoms with Crippen LogP contribution in [0.1, 0.15) is 60.9 Å². The molecule has 6 rings (SSSR count). The Kier molecular flexibility index (Phi) is 10.1. The average Bonchev–Trinajstić information content (AvgIpc) is 3.74. The van der Waals surface area contributed by atoms with E-state index < -0.39 is 66.2 Å². The van der Waals surface area contributed by atoms with Gasteiger partial charge in [-0.2, -0.15) is 10.4 Å². The maximum Gasteiger partial charge on any atom is 0.313 e. The van der Waals surface area contributed by atoms with Crippen molar-refractivity contribution >= 4 is 29.2 Å². The second-order valence-electron chi connectivity index (χ2n) is 12.5. The highest BCUT2D eigenvalue weighted by Crippen LogP contribution is 2.44. The van der Waals surface area contributed by atoms with Gasteiger partial charge in [-0.25, -0.2) is 9.50 Å². The van der Waals surface area contributed by atoms with Crippen LogP contribution in [-0.2, 0) is 38.9 Å². The van der Waals surface area contributed by atoms with E-state index in [2.05, 4.69) is 16.2 Å². The van der Waals surface area contributed by atoms with E-state index in [-0.39, 0.29) is 11.5 Å². The molecular weight excluding hydrogens is 650 g/mol. The van der Waals surface area contributed by atoms with E-state index in [1.807, 2.05) is 42.5 Å². The number of anilines is 1. The molecule has 1 aliphatic rings. The number of ether oxygens (including phenoxy) is 4. The van der Waals surface area contributed by atoms with Crippen LogP contribution < -0.4 is 5.73 Å². The Morgan fingerprint density at radius 3 is 1.84 bits per heavy atom. The summed E-state index contributed by atoms with van der Waals surface area (Å²) in [6.07, 6.45) is -2.98. The van der Waals surface area contributed by atoms with Gasteiger partial charge < -0.3 is 24.7 Å². The molecule has 0 radical (unpaired) electrons. The third-order valence-electron chi connectivity index (χ3n) is 9.28. The van der Waals surface area contributed by atoms with Gasteiger partial charge in [0.1, 0.15) is 30.6 Å². The van der Waals surface area contributed by atoms with Crippen LogP contribution in [0.25, 0.3) is 5.52 Å². The highest BCUT2D eigenvalue weighted by atomic mass is 16.7. The topological polar surface area (TPSA) is 168 Å². The molecule has 0 spiro atoms. The zero-order chi connectivity index (χ0) is 36.1. The molecule has 0 unspecified atom stereocenters. The van der Waals surface area contributed by atoms with E-state index >= 15 is 0 Å². The van der Waals surface area contributed by atoms with Crippen LogP contribution in [0.4, 0.5) is 5.82 Å². The molecule has 2 aromatic heterocycles. The van der Waals surface area contributed by atoms with Crippen LogP contribution >= 0.6 is 0 Å². The normalized spacial score (nSPS) is 21.6. The number of hydrogen-bond acceptors (Lipinski definition) is 11. The Morgan fingerprint density at radius 1 is 0.804 bits per heavy atom. The maximum absolute atomic E-state index is 13.9. The molecule has 0 bridgehead atoms. The van der Waals surface area contributed by atoms with Gasteiger partial charge in [0.25, 0.3) is 0 Å². The number of nitrogen functional groups attached to an aromatic ring is 1. The number of carbonyl (C=O) groups is 3. The van der Waals surface area contributed by atoms with Crippen molar-refractivity contribution < 1.29 is 33.3 Å². The number of fused-ring (bicyclic) bond motifs is 1. The monoisotopic (exact) mass is 687 g/mol. The number of hydrogen-bond donors (Lipinski definition) is 1. The van der Waals surface area contributed by atoms with Crippen LogP contribution in [0.2, 0.25) is 0 Å². The van der Waals surface area contributed by atoms with Crippen molar-refractivity contribution in [2.45, 2.75) is 62.4 Å². The minimum atomic E-state index is -2.11. The van der Waals surface area contributed by atoms with Gasteiger partial charge in [0.05, 0.1) is 23.4 Å². The van der Waals surface area contributed by atoms with Crippen LogP contribution in [0.5, 0.6) is 0 Å². The van der Waals surface area contributed by atoms with E-state index in [0.717, 1.165) is 5.56 Å². The van der Waals surface area contributed by atoms with Crippen molar-refractivity contribution in [3.05, 3.63) is 132 Å². The van der Waals surface area contributed by atoms with Crippen molar-refractivity contribution in [3.8, 4) is 6.07 Å². The van der Waals surface area contributed by atoms with E-state index in [4.69, 9.17) is 24.7 Å². The van der Waals surface area contributed by atoms with E-state index in [0.29, 0.717) is 16.6 Å². The quantitative estimate of drug-likeness (QED) is 0.143. The van der Waals surface area contributed by atoms with Crippen LogP contribution in [0, 0.1) is 11.3 Å². The van der Waals surface area contributed by atoms with Crippen molar-refractivity contribution in [1.29, 1.82) is 5.26 Å². The first-order valence-corrected chi connectivity index (χ1v) is 16.5. The summed E-state index contributed by atoms with van der Waals surface area (Å²) in [4.78, 5) is 45.2. The summed E-state index contributed by atoms with van der Waals surface area (Å²) in [6.45, 7) is 4.63. The van der Waals surface area contributed by atoms with Crippen LogP contribution in [0.15, 0.2) is 109 Å². The molecule has 2 N–H and O–H groups in total. The third-order valence-corrected chi connectivity index (χ3v) is 9.28. The molecule has 1 saturated heterocycles. The molecule has 3 aromatic carbocycles. The number of nitriles is 1. The summed E-state index contributed by atoms with van der Waals surface area (Å²) in [5, 5.41) is 15.3. The first-order chi connectivity index (χ1) is 24.6. The zero-order valence-corrected chi connectivity index (χ0v) is 28.3. The zero-order valence-electron chi connectivity index (χ0n) is 28.3. The number of carbonyl (C=O) groups excluding carboxylic acids is 3. The first kappa shape index (κ1) is 34.8. The van der Waals surface area contributed by atoms with Crippen molar-refractivity contribution in [2.24, 2.45) is 0 Å². The average molecular weight is 688 g/mol. The number of nitrogens with zero attached hydrogens (tertiary/aromatic N) is 4. The van der Waals surface area contributed by atoms with Crippen molar-refractivity contribution in [1.82, 2.24) is 14.6 Å². The van der Waals surface area contributed by atoms with Crippen LogP contribution in [-0.4, -0.2) is 57.4 Å². The SMILES string of the molecule is C[C@H](C(=O)OC[C@H]1O[C@@](C#N)(c2ccc3c(N)ncnn23)[C@H](OC(=O)[C@@H](C)c2ccccc2)[C@@H]1OC(=O)[C@@H](C)c1ccccc1)c1ccccc1. The second-order valence-corrected chi connectivity index (χ2v) is 12.5. The van der Waals surface area contributed by atoms with Gasteiger partial charge in [0, 0.05) is 0 Å². The van der Waals surface area contributed by atoms with Gasteiger partial charge in [-0.05, 0) is 49.6 Å². The summed E-state index contributed by atoms with van der Waals surface area (Å²) in [5.74, 6) is -3.95. The lowest BCUT2D eigenvalue weighted by Gasteiger charge is -2.30. The fraction of sp³-hybridized carbons (Fsp3) is 0.282. The summed E-state index contributed by atoms with van der Waals surface area (Å²) < 4.78 is 26.0. The molecule has 12 heteroatoms. The Hall–Kier alpha value is -6.06. The molecule has 12 nitrogen and oxygen atoms in total. The molecule has 3 heterocycles. The summed E-state index contributed by atoms with van der Waals surface area (Å²) in [5.41, 5.74) is 6.62. The first-order valence-electron chi connectivity index (χ1n) is 16.5. The lowest BCUT2D eigenvalue weighted by molar-refractivity contribution is -0.171. The molecule has 1 fully saturated rings.